The van der Waals surface area contributed by atoms with Crippen LogP contribution in [-0.4, -0.2) is 37.4 Å². The molecule has 2 rings (SSSR count). The van der Waals surface area contributed by atoms with Crippen molar-refractivity contribution < 1.29 is 37.1 Å². The zero-order valence-corrected chi connectivity index (χ0v) is 13.2. The van der Waals surface area contributed by atoms with E-state index in [-0.39, 0.29) is 22.9 Å². The number of nitrogens with one attached hydrogen (secondary N) is 1. The number of rotatable bonds is 7. The number of benzene rings is 1. The van der Waals surface area contributed by atoms with Gasteiger partial charge in [-0.15, -0.1) is 0 Å². The lowest BCUT2D eigenvalue weighted by Crippen LogP contribution is -2.21. The van der Waals surface area contributed by atoms with Crippen LogP contribution in [-0.2, 0) is 9.53 Å². The number of halogens is 2. The number of anilines is 1. The summed E-state index contributed by atoms with van der Waals surface area (Å²) in [5.41, 5.74) is 0.00328. The van der Waals surface area contributed by atoms with E-state index in [0.29, 0.717) is 5.76 Å². The first kappa shape index (κ1) is 18.2. The number of amides is 1. The van der Waals surface area contributed by atoms with Gasteiger partial charge in [0.25, 0.3) is 5.91 Å². The van der Waals surface area contributed by atoms with Gasteiger partial charge < -0.3 is 24.1 Å². The van der Waals surface area contributed by atoms with Crippen molar-refractivity contribution in [1.29, 1.82) is 0 Å². The average Bonchev–Trinajstić information content (AvgIpc) is 2.97. The summed E-state index contributed by atoms with van der Waals surface area (Å²) in [5, 5.41) is 5.93. The molecule has 134 valence electrons. The van der Waals surface area contributed by atoms with Crippen molar-refractivity contribution in [2.45, 2.75) is 13.5 Å². The fraction of sp³-hybridized carbons (Fsp3) is 0.267. The summed E-state index contributed by atoms with van der Waals surface area (Å²) in [5.74, 6) is -1.07. The Morgan fingerprint density at radius 2 is 2.04 bits per heavy atom. The molecule has 25 heavy (non-hydrogen) atoms. The minimum absolute atomic E-state index is 0.00328. The van der Waals surface area contributed by atoms with Gasteiger partial charge in [-0.1, -0.05) is 5.16 Å². The second-order valence-electron chi connectivity index (χ2n) is 4.69. The highest BCUT2D eigenvalue weighted by Crippen LogP contribution is 2.29. The first-order valence-electron chi connectivity index (χ1n) is 6.92. The van der Waals surface area contributed by atoms with E-state index < -0.39 is 25.1 Å². The van der Waals surface area contributed by atoms with Crippen LogP contribution in [0.1, 0.15) is 16.1 Å². The van der Waals surface area contributed by atoms with Gasteiger partial charge in [0.2, 0.25) is 0 Å². The summed E-state index contributed by atoms with van der Waals surface area (Å²) < 4.78 is 43.3. The largest absolute Gasteiger partial charge is 0.493 e. The van der Waals surface area contributed by atoms with Crippen molar-refractivity contribution >= 4 is 17.7 Å². The second-order valence-corrected chi connectivity index (χ2v) is 4.69. The number of carbonyl (C=O) groups is 2. The summed E-state index contributed by atoms with van der Waals surface area (Å²) >= 11 is 0. The van der Waals surface area contributed by atoms with Crippen molar-refractivity contribution in [3.8, 4) is 11.5 Å². The average molecular weight is 356 g/mol. The summed E-state index contributed by atoms with van der Waals surface area (Å²) in [6.07, 6.45) is 0. The van der Waals surface area contributed by atoms with Gasteiger partial charge in [0, 0.05) is 6.07 Å². The fourth-order valence-electron chi connectivity index (χ4n) is 1.81. The van der Waals surface area contributed by atoms with Crippen LogP contribution in [0.3, 0.4) is 0 Å². The maximum absolute atomic E-state index is 12.3. The molecule has 0 atom stereocenters. The summed E-state index contributed by atoms with van der Waals surface area (Å²) in [4.78, 5) is 23.6. The predicted octanol–water partition coefficient (Wildman–Crippen LogP) is 2.39. The Balaban J connectivity index is 1.94. The quantitative estimate of drug-likeness (QED) is 0.760. The Morgan fingerprint density at radius 1 is 1.28 bits per heavy atom. The van der Waals surface area contributed by atoms with Crippen LogP contribution in [0.25, 0.3) is 0 Å². The molecule has 1 aromatic carbocycles. The monoisotopic (exact) mass is 356 g/mol. The lowest BCUT2D eigenvalue weighted by atomic mass is 10.2. The van der Waals surface area contributed by atoms with E-state index in [1.807, 2.05) is 0 Å². The van der Waals surface area contributed by atoms with Crippen LogP contribution in [0.15, 0.2) is 28.8 Å². The molecule has 0 spiro atoms. The highest BCUT2D eigenvalue weighted by molar-refractivity contribution is 5.95. The van der Waals surface area contributed by atoms with Gasteiger partial charge in [0.15, 0.2) is 23.9 Å². The summed E-state index contributed by atoms with van der Waals surface area (Å²) in [6, 6.07) is 5.01. The number of ether oxygens (including phenoxy) is 3. The molecule has 0 saturated carbocycles. The second kappa shape index (κ2) is 8.08. The van der Waals surface area contributed by atoms with Crippen molar-refractivity contribution in [1.82, 2.24) is 5.16 Å². The maximum Gasteiger partial charge on any atom is 0.387 e. The highest BCUT2D eigenvalue weighted by atomic mass is 19.3. The minimum atomic E-state index is -3.03. The molecule has 1 heterocycles. The highest BCUT2D eigenvalue weighted by Gasteiger charge is 2.16. The molecule has 0 unspecified atom stereocenters. The Morgan fingerprint density at radius 3 is 2.64 bits per heavy atom. The van der Waals surface area contributed by atoms with Crippen molar-refractivity contribution in [2.75, 3.05) is 19.0 Å². The SMILES string of the molecule is COc1cc(C(=O)OCC(=O)Nc2cc(C)on2)ccc1OC(F)F. The molecule has 1 amide bonds. The van der Waals surface area contributed by atoms with Crippen LogP contribution >= 0.6 is 0 Å². The topological polar surface area (TPSA) is 99.9 Å². The van der Waals surface area contributed by atoms with E-state index in [1.54, 1.807) is 6.92 Å². The molecule has 0 aliphatic heterocycles. The lowest BCUT2D eigenvalue weighted by Gasteiger charge is -2.11. The Bertz CT molecular complexity index is 762. The smallest absolute Gasteiger partial charge is 0.387 e. The van der Waals surface area contributed by atoms with Crippen LogP contribution in [0, 0.1) is 6.92 Å². The third-order valence-electron chi connectivity index (χ3n) is 2.85. The number of alkyl halides is 2. The first-order valence-corrected chi connectivity index (χ1v) is 6.92. The van der Waals surface area contributed by atoms with Crippen molar-refractivity contribution in [3.63, 3.8) is 0 Å². The zero-order chi connectivity index (χ0) is 18.4. The molecule has 0 aliphatic rings. The number of esters is 1. The fourth-order valence-corrected chi connectivity index (χ4v) is 1.81. The Hall–Kier alpha value is -3.17. The van der Waals surface area contributed by atoms with E-state index >= 15 is 0 Å². The van der Waals surface area contributed by atoms with Crippen LogP contribution in [0.4, 0.5) is 14.6 Å². The van der Waals surface area contributed by atoms with Gasteiger partial charge in [-0.2, -0.15) is 8.78 Å². The molecule has 0 saturated heterocycles. The molecule has 1 aromatic heterocycles. The number of methoxy groups -OCH3 is 1. The third kappa shape index (κ3) is 5.16. The molecule has 0 fully saturated rings. The van der Waals surface area contributed by atoms with Gasteiger partial charge in [-0.3, -0.25) is 4.79 Å². The summed E-state index contributed by atoms with van der Waals surface area (Å²) in [6.45, 7) is -1.95. The minimum Gasteiger partial charge on any atom is -0.493 e. The molecule has 0 aliphatic carbocycles. The van der Waals surface area contributed by atoms with E-state index in [2.05, 4.69) is 15.2 Å². The molecule has 10 heteroatoms. The standard InChI is InChI=1S/C15H14F2N2O6/c1-8-5-12(19-25-8)18-13(20)7-23-14(21)9-3-4-10(24-15(16)17)11(6-9)22-2/h3-6,15H,7H2,1-2H3,(H,18,19,20). The lowest BCUT2D eigenvalue weighted by molar-refractivity contribution is -0.119. The molecular formula is C15H14F2N2O6. The molecular weight excluding hydrogens is 342 g/mol. The molecule has 0 radical (unpaired) electrons. The van der Waals surface area contributed by atoms with Gasteiger partial charge in [-0.25, -0.2) is 4.79 Å². The molecule has 8 nitrogen and oxygen atoms in total. The van der Waals surface area contributed by atoms with E-state index in [9.17, 15) is 18.4 Å². The van der Waals surface area contributed by atoms with E-state index in [0.717, 1.165) is 6.07 Å². The number of carbonyl (C=O) groups excluding carboxylic acids is 2. The van der Waals surface area contributed by atoms with Crippen molar-refractivity contribution in [2.24, 2.45) is 0 Å². The van der Waals surface area contributed by atoms with Gasteiger partial charge in [0.05, 0.1) is 12.7 Å². The Labute approximate surface area is 140 Å². The number of hydrogen-bond acceptors (Lipinski definition) is 7. The number of nitrogens with zero attached hydrogens (tertiary/aromatic N) is 1. The number of aromatic nitrogens is 1. The summed E-state index contributed by atoms with van der Waals surface area (Å²) in [7, 11) is 1.23. The third-order valence-corrected chi connectivity index (χ3v) is 2.85. The van der Waals surface area contributed by atoms with Crippen LogP contribution in [0.5, 0.6) is 11.5 Å². The normalized spacial score (nSPS) is 10.4. The van der Waals surface area contributed by atoms with Crippen molar-refractivity contribution in [3.05, 3.63) is 35.6 Å². The predicted molar refractivity (Wildman–Crippen MR) is 79.8 cm³/mol. The Kier molecular flexibility index (Phi) is 5.88. The maximum atomic E-state index is 12.3. The van der Waals surface area contributed by atoms with E-state index in [1.165, 1.54) is 25.3 Å². The van der Waals surface area contributed by atoms with E-state index in [4.69, 9.17) is 14.0 Å². The van der Waals surface area contributed by atoms with Gasteiger partial charge >= 0.3 is 12.6 Å². The molecule has 1 N–H and O–H groups in total. The zero-order valence-electron chi connectivity index (χ0n) is 13.2. The van der Waals surface area contributed by atoms with Crippen LogP contribution in [0.2, 0.25) is 0 Å². The van der Waals surface area contributed by atoms with Gasteiger partial charge in [0.1, 0.15) is 5.76 Å². The van der Waals surface area contributed by atoms with Gasteiger partial charge in [-0.05, 0) is 25.1 Å². The number of aryl methyl sites for hydroxylation is 1. The first-order chi connectivity index (χ1) is 11.9. The molecule has 0 bridgehead atoms. The molecule has 2 aromatic rings. The van der Waals surface area contributed by atoms with Crippen LogP contribution < -0.4 is 14.8 Å². The number of hydrogen-bond donors (Lipinski definition) is 1.